The van der Waals surface area contributed by atoms with Crippen molar-refractivity contribution < 1.29 is 21.7 Å². The van der Waals surface area contributed by atoms with Crippen LogP contribution in [0.25, 0.3) is 0 Å². The second kappa shape index (κ2) is 6.07. The van der Waals surface area contributed by atoms with Gasteiger partial charge in [0, 0.05) is 10.6 Å². The topological polar surface area (TPSA) is 26.8 Å². The Balaban J connectivity index is 0.00000144. The number of carbonyl (C=O) groups is 1. The number of carbonyl (C=O) groups excluding carboxylic acids is 1. The van der Waals surface area contributed by atoms with Gasteiger partial charge in [0.05, 0.1) is 33.0 Å². The Hall–Kier alpha value is -0.690. The van der Waals surface area contributed by atoms with Crippen molar-refractivity contribution in [3.63, 3.8) is 0 Å². The molecule has 1 aromatic carbocycles. The van der Waals surface area contributed by atoms with Gasteiger partial charge in [0.1, 0.15) is 20.0 Å². The van der Waals surface area contributed by atoms with Crippen LogP contribution in [0.1, 0.15) is 16.8 Å². The lowest BCUT2D eigenvalue weighted by molar-refractivity contribution is -0.979. The molecule has 4 saturated heterocycles. The van der Waals surface area contributed by atoms with Gasteiger partial charge in [0.25, 0.3) is 0 Å². The third-order valence-corrected chi connectivity index (χ3v) is 4.93. The molecule has 0 N–H and O–H groups in total. The molecule has 0 spiro atoms. The SMILES string of the molecule is O=C(CC[N+]12CN3CN(CN(C3)C1)C2)c1ccc(Cl)cc1.[Cl-]. The Bertz CT molecular complexity index is 528. The first kappa shape index (κ1) is 16.2. The van der Waals surface area contributed by atoms with Crippen molar-refractivity contribution >= 4 is 17.4 Å². The molecular formula is C15H20Cl2N4O. The van der Waals surface area contributed by atoms with Crippen molar-refractivity contribution in [3.05, 3.63) is 34.9 Å². The summed E-state index contributed by atoms with van der Waals surface area (Å²) < 4.78 is 1.01. The van der Waals surface area contributed by atoms with Crippen LogP contribution >= 0.6 is 11.6 Å². The van der Waals surface area contributed by atoms with E-state index >= 15 is 0 Å². The summed E-state index contributed by atoms with van der Waals surface area (Å²) in [5, 5.41) is 0.678. The standard InChI is InChI=1S/C15H20ClN4O.ClH/c16-14-3-1-13(2-4-14)15(21)5-6-20-10-17-7-18(11-20)9-19(8-17)12-20;/h1-4H,5-12H2;1H/q+1;/p-1. The summed E-state index contributed by atoms with van der Waals surface area (Å²) >= 11 is 5.87. The molecule has 5 rings (SSSR count). The van der Waals surface area contributed by atoms with Crippen LogP contribution in [0.5, 0.6) is 0 Å². The molecule has 4 aliphatic rings. The first-order valence-corrected chi connectivity index (χ1v) is 7.81. The zero-order valence-corrected chi connectivity index (χ0v) is 13.9. The van der Waals surface area contributed by atoms with Crippen LogP contribution in [0.2, 0.25) is 5.02 Å². The van der Waals surface area contributed by atoms with E-state index in [2.05, 4.69) is 14.7 Å². The van der Waals surface area contributed by atoms with E-state index in [0.29, 0.717) is 11.4 Å². The third kappa shape index (κ3) is 3.02. The number of nitrogens with zero attached hydrogens (tertiary/aromatic N) is 4. The van der Waals surface area contributed by atoms with Crippen LogP contribution in [0.3, 0.4) is 0 Å². The Morgan fingerprint density at radius 1 is 1.00 bits per heavy atom. The molecule has 1 aromatic rings. The highest BCUT2D eigenvalue weighted by molar-refractivity contribution is 6.30. The summed E-state index contributed by atoms with van der Waals surface area (Å²) in [6.45, 7) is 7.43. The van der Waals surface area contributed by atoms with Crippen molar-refractivity contribution in [2.45, 2.75) is 6.42 Å². The Morgan fingerprint density at radius 2 is 1.50 bits per heavy atom. The predicted octanol–water partition coefficient (Wildman–Crippen LogP) is -1.57. The number of benzene rings is 1. The predicted molar refractivity (Wildman–Crippen MR) is 80.2 cm³/mol. The minimum atomic E-state index is 0. The molecule has 7 heteroatoms. The minimum absolute atomic E-state index is 0. The fourth-order valence-corrected chi connectivity index (χ4v) is 4.11. The summed E-state index contributed by atoms with van der Waals surface area (Å²) in [5.41, 5.74) is 0.772. The van der Waals surface area contributed by atoms with E-state index in [0.717, 1.165) is 56.6 Å². The van der Waals surface area contributed by atoms with Gasteiger partial charge in [-0.1, -0.05) is 11.6 Å². The number of hydrogen-bond acceptors (Lipinski definition) is 4. The van der Waals surface area contributed by atoms with E-state index in [9.17, 15) is 4.79 Å². The number of ketones is 1. The fraction of sp³-hybridized carbons (Fsp3) is 0.533. The lowest BCUT2D eigenvalue weighted by Gasteiger charge is -2.60. The normalized spacial score (nSPS) is 35.2. The molecule has 0 unspecified atom stereocenters. The number of quaternary nitrogens is 1. The van der Waals surface area contributed by atoms with Crippen LogP contribution in [0, 0.1) is 0 Å². The van der Waals surface area contributed by atoms with Gasteiger partial charge >= 0.3 is 0 Å². The average molecular weight is 343 g/mol. The Morgan fingerprint density at radius 3 is 2.00 bits per heavy atom. The largest absolute Gasteiger partial charge is 1.00 e. The zero-order valence-electron chi connectivity index (χ0n) is 12.4. The van der Waals surface area contributed by atoms with Crippen LogP contribution in [0.15, 0.2) is 24.3 Å². The van der Waals surface area contributed by atoms with Gasteiger partial charge < -0.3 is 12.4 Å². The summed E-state index contributed by atoms with van der Waals surface area (Å²) in [6, 6.07) is 7.23. The summed E-state index contributed by atoms with van der Waals surface area (Å²) in [6.07, 6.45) is 0.608. The maximum Gasteiger partial charge on any atom is 0.168 e. The van der Waals surface area contributed by atoms with E-state index < -0.39 is 0 Å². The quantitative estimate of drug-likeness (QED) is 0.487. The average Bonchev–Trinajstić information content (AvgIpc) is 2.44. The first-order valence-electron chi connectivity index (χ1n) is 7.43. The van der Waals surface area contributed by atoms with Gasteiger partial charge in [-0.15, -0.1) is 0 Å². The fourth-order valence-electron chi connectivity index (χ4n) is 3.99. The van der Waals surface area contributed by atoms with Gasteiger partial charge in [0.15, 0.2) is 5.78 Å². The molecule has 22 heavy (non-hydrogen) atoms. The monoisotopic (exact) mass is 342 g/mol. The molecule has 120 valence electrons. The Kier molecular flexibility index (Phi) is 4.47. The van der Waals surface area contributed by atoms with Gasteiger partial charge in [-0.25, -0.2) is 14.7 Å². The number of halogens is 2. The lowest BCUT2D eigenvalue weighted by Crippen LogP contribution is -3.00. The summed E-state index contributed by atoms with van der Waals surface area (Å²) in [7, 11) is 0. The van der Waals surface area contributed by atoms with Crippen LogP contribution in [-0.4, -0.2) is 71.5 Å². The summed E-state index contributed by atoms with van der Waals surface area (Å²) in [4.78, 5) is 19.8. The zero-order chi connectivity index (χ0) is 14.4. The highest BCUT2D eigenvalue weighted by atomic mass is 35.5. The van der Waals surface area contributed by atoms with Gasteiger partial charge in [-0.2, -0.15) is 0 Å². The molecule has 4 aliphatic heterocycles. The number of Topliss-reactive ketones (excluding diaryl/α,β-unsaturated/α-hetero) is 1. The maximum atomic E-state index is 12.4. The lowest BCUT2D eigenvalue weighted by atomic mass is 10.1. The highest BCUT2D eigenvalue weighted by Crippen LogP contribution is 2.29. The van der Waals surface area contributed by atoms with Gasteiger partial charge in [0.2, 0.25) is 0 Å². The highest BCUT2D eigenvalue weighted by Gasteiger charge is 2.48. The van der Waals surface area contributed by atoms with Crippen molar-refractivity contribution in [1.82, 2.24) is 14.7 Å². The van der Waals surface area contributed by atoms with Crippen molar-refractivity contribution in [1.29, 1.82) is 0 Å². The molecular weight excluding hydrogens is 323 g/mol. The third-order valence-electron chi connectivity index (χ3n) is 4.68. The molecule has 0 aliphatic carbocycles. The first-order chi connectivity index (χ1) is 10.1. The molecule has 0 aromatic heterocycles. The van der Waals surface area contributed by atoms with Crippen LogP contribution < -0.4 is 12.4 Å². The van der Waals surface area contributed by atoms with E-state index in [1.165, 1.54) is 0 Å². The molecule has 0 amide bonds. The molecule has 4 fully saturated rings. The van der Waals surface area contributed by atoms with E-state index in [-0.39, 0.29) is 18.2 Å². The van der Waals surface area contributed by atoms with Crippen molar-refractivity contribution in [2.75, 3.05) is 46.6 Å². The number of hydrogen-bond donors (Lipinski definition) is 0. The smallest absolute Gasteiger partial charge is 0.168 e. The molecule has 4 bridgehead atoms. The summed E-state index contributed by atoms with van der Waals surface area (Å²) in [5.74, 6) is 0.223. The van der Waals surface area contributed by atoms with E-state index in [4.69, 9.17) is 11.6 Å². The van der Waals surface area contributed by atoms with E-state index in [1.54, 1.807) is 12.1 Å². The maximum absolute atomic E-state index is 12.4. The van der Waals surface area contributed by atoms with Crippen LogP contribution in [-0.2, 0) is 0 Å². The van der Waals surface area contributed by atoms with Crippen LogP contribution in [0.4, 0.5) is 0 Å². The molecule has 0 saturated carbocycles. The van der Waals surface area contributed by atoms with Crippen molar-refractivity contribution in [2.24, 2.45) is 0 Å². The second-order valence-corrected chi connectivity index (χ2v) is 7.04. The molecule has 0 atom stereocenters. The van der Waals surface area contributed by atoms with Crippen molar-refractivity contribution in [3.8, 4) is 0 Å². The molecule has 0 radical (unpaired) electrons. The second-order valence-electron chi connectivity index (χ2n) is 6.61. The number of rotatable bonds is 4. The Labute approximate surface area is 142 Å². The minimum Gasteiger partial charge on any atom is -1.00 e. The van der Waals surface area contributed by atoms with Gasteiger partial charge in [-0.05, 0) is 24.3 Å². The molecule has 5 nitrogen and oxygen atoms in total. The van der Waals surface area contributed by atoms with Gasteiger partial charge in [-0.3, -0.25) is 9.28 Å². The molecule has 4 heterocycles. The van der Waals surface area contributed by atoms with E-state index in [1.807, 2.05) is 12.1 Å².